The summed E-state index contributed by atoms with van der Waals surface area (Å²) >= 11 is 1.81. The number of aliphatic imine (C=N–C) groups is 1. The van der Waals surface area contributed by atoms with E-state index in [1.54, 1.807) is 0 Å². The van der Waals surface area contributed by atoms with Crippen molar-refractivity contribution in [3.63, 3.8) is 0 Å². The second-order valence-electron chi connectivity index (χ2n) is 6.72. The third-order valence-corrected chi connectivity index (χ3v) is 5.70. The monoisotopic (exact) mass is 514 g/mol. The maximum absolute atomic E-state index is 5.54. The molecular weight excluding hydrogens is 483 g/mol. The number of morpholine rings is 1. The smallest absolute Gasteiger partial charge is 0.194 e. The van der Waals surface area contributed by atoms with Gasteiger partial charge in [-0.2, -0.15) is 0 Å². The first-order chi connectivity index (χ1) is 13.3. The molecule has 0 aliphatic carbocycles. The van der Waals surface area contributed by atoms with Crippen molar-refractivity contribution in [2.75, 3.05) is 46.4 Å². The van der Waals surface area contributed by atoms with Gasteiger partial charge in [-0.25, -0.2) is 0 Å². The second kappa shape index (κ2) is 12.4. The van der Waals surface area contributed by atoms with Gasteiger partial charge in [-0.3, -0.25) is 9.89 Å². The van der Waals surface area contributed by atoms with E-state index in [2.05, 4.69) is 76.9 Å². The number of thiophene rings is 1. The van der Waals surface area contributed by atoms with Crippen LogP contribution in [-0.2, 0) is 11.3 Å². The van der Waals surface area contributed by atoms with Crippen molar-refractivity contribution in [2.45, 2.75) is 19.5 Å². The van der Waals surface area contributed by atoms with Gasteiger partial charge in [0.25, 0.3) is 0 Å². The van der Waals surface area contributed by atoms with Crippen LogP contribution in [0.1, 0.15) is 23.4 Å². The van der Waals surface area contributed by atoms with Gasteiger partial charge in [0.2, 0.25) is 0 Å². The lowest BCUT2D eigenvalue weighted by Crippen LogP contribution is -2.42. The summed E-state index contributed by atoms with van der Waals surface area (Å²) in [6, 6.07) is 15.2. The van der Waals surface area contributed by atoms with Crippen LogP contribution in [0.2, 0.25) is 0 Å². The van der Waals surface area contributed by atoms with Crippen molar-refractivity contribution in [3.8, 4) is 0 Å². The standard InChI is InChI=1S/C21H30N4OS.HI/c1-3-22-21(24(2)17-18-8-5-4-6-9-18)23-16-19(20-10-7-15-27-20)25-11-13-26-14-12-25;/h4-10,15,19H,3,11-14,16-17H2,1-2H3,(H,22,23);1H. The van der Waals surface area contributed by atoms with Gasteiger partial charge in [0.15, 0.2) is 5.96 Å². The predicted molar refractivity (Wildman–Crippen MR) is 129 cm³/mol. The molecule has 1 N–H and O–H groups in total. The zero-order chi connectivity index (χ0) is 18.9. The molecule has 0 amide bonds. The Morgan fingerprint density at radius 2 is 1.96 bits per heavy atom. The number of hydrogen-bond donors (Lipinski definition) is 1. The molecule has 2 heterocycles. The maximum Gasteiger partial charge on any atom is 0.194 e. The Labute approximate surface area is 189 Å². The van der Waals surface area contributed by atoms with Crippen molar-refractivity contribution in [1.82, 2.24) is 15.1 Å². The van der Waals surface area contributed by atoms with Crippen LogP contribution in [0, 0.1) is 0 Å². The van der Waals surface area contributed by atoms with Gasteiger partial charge in [0, 0.05) is 38.1 Å². The molecular formula is C21H31IN4OS. The summed E-state index contributed by atoms with van der Waals surface area (Å²) in [5, 5.41) is 5.59. The number of hydrogen-bond acceptors (Lipinski definition) is 4. The summed E-state index contributed by atoms with van der Waals surface area (Å²) in [6.07, 6.45) is 0. The summed E-state index contributed by atoms with van der Waals surface area (Å²) in [7, 11) is 2.10. The number of ether oxygens (including phenoxy) is 1. The third kappa shape index (κ3) is 6.72. The molecule has 3 rings (SSSR count). The summed E-state index contributed by atoms with van der Waals surface area (Å²) in [5.41, 5.74) is 1.29. The zero-order valence-corrected chi connectivity index (χ0v) is 19.9. The first kappa shape index (κ1) is 23.1. The molecule has 1 aromatic carbocycles. The van der Waals surface area contributed by atoms with E-state index in [0.717, 1.165) is 51.9 Å². The van der Waals surface area contributed by atoms with Crippen LogP contribution in [0.3, 0.4) is 0 Å². The molecule has 1 aromatic heterocycles. The van der Waals surface area contributed by atoms with E-state index in [1.165, 1.54) is 10.4 Å². The van der Waals surface area contributed by atoms with Gasteiger partial charge in [-0.15, -0.1) is 35.3 Å². The van der Waals surface area contributed by atoms with E-state index in [-0.39, 0.29) is 24.0 Å². The summed E-state index contributed by atoms with van der Waals surface area (Å²) in [4.78, 5) is 11.1. The Balaban J connectivity index is 0.00000280. The van der Waals surface area contributed by atoms with Gasteiger partial charge in [-0.05, 0) is 23.9 Å². The van der Waals surface area contributed by atoms with Crippen molar-refractivity contribution in [3.05, 3.63) is 58.3 Å². The molecule has 1 fully saturated rings. The highest BCUT2D eigenvalue weighted by Crippen LogP contribution is 2.26. The predicted octanol–water partition coefficient (Wildman–Crippen LogP) is 3.84. The Bertz CT molecular complexity index is 690. The van der Waals surface area contributed by atoms with Crippen LogP contribution >= 0.6 is 35.3 Å². The molecule has 28 heavy (non-hydrogen) atoms. The van der Waals surface area contributed by atoms with Gasteiger partial charge in [-0.1, -0.05) is 36.4 Å². The average molecular weight is 514 g/mol. The molecule has 5 nitrogen and oxygen atoms in total. The third-order valence-electron chi connectivity index (χ3n) is 4.73. The zero-order valence-electron chi connectivity index (χ0n) is 16.7. The SMILES string of the molecule is CCNC(=NCC(c1cccs1)N1CCOCC1)N(C)Cc1ccccc1.I. The van der Waals surface area contributed by atoms with E-state index in [9.17, 15) is 0 Å². The van der Waals surface area contributed by atoms with Crippen LogP contribution in [0.15, 0.2) is 52.8 Å². The van der Waals surface area contributed by atoms with E-state index >= 15 is 0 Å². The molecule has 7 heteroatoms. The molecule has 1 saturated heterocycles. The van der Waals surface area contributed by atoms with E-state index in [1.807, 2.05) is 11.3 Å². The molecule has 0 radical (unpaired) electrons. The molecule has 0 bridgehead atoms. The number of guanidine groups is 1. The normalized spacial score (nSPS) is 16.3. The van der Waals surface area contributed by atoms with Crippen molar-refractivity contribution >= 4 is 41.3 Å². The van der Waals surface area contributed by atoms with Crippen molar-refractivity contribution in [2.24, 2.45) is 4.99 Å². The highest BCUT2D eigenvalue weighted by molar-refractivity contribution is 14.0. The largest absolute Gasteiger partial charge is 0.379 e. The summed E-state index contributed by atoms with van der Waals surface area (Å²) in [6.45, 7) is 8.11. The Kier molecular flexibility index (Phi) is 10.3. The first-order valence-electron chi connectivity index (χ1n) is 9.66. The van der Waals surface area contributed by atoms with E-state index < -0.39 is 0 Å². The average Bonchev–Trinajstić information content (AvgIpc) is 3.23. The molecule has 1 aliphatic heterocycles. The Morgan fingerprint density at radius 3 is 2.61 bits per heavy atom. The van der Waals surface area contributed by atoms with Gasteiger partial charge in [0.1, 0.15) is 0 Å². The lowest BCUT2D eigenvalue weighted by atomic mass is 10.2. The van der Waals surface area contributed by atoms with Crippen LogP contribution in [0.4, 0.5) is 0 Å². The van der Waals surface area contributed by atoms with E-state index in [0.29, 0.717) is 6.04 Å². The Hall–Kier alpha value is -1.16. The minimum atomic E-state index is 0. The number of halogens is 1. The highest BCUT2D eigenvalue weighted by Gasteiger charge is 2.23. The van der Waals surface area contributed by atoms with Crippen LogP contribution < -0.4 is 5.32 Å². The number of benzene rings is 1. The van der Waals surface area contributed by atoms with Gasteiger partial charge >= 0.3 is 0 Å². The van der Waals surface area contributed by atoms with Gasteiger partial charge in [0.05, 0.1) is 25.8 Å². The molecule has 1 aliphatic rings. The number of nitrogens with one attached hydrogen (secondary N) is 1. The van der Waals surface area contributed by atoms with Crippen LogP contribution in [0.25, 0.3) is 0 Å². The van der Waals surface area contributed by atoms with Gasteiger partial charge < -0.3 is 15.0 Å². The van der Waals surface area contributed by atoms with Crippen LogP contribution in [-0.4, -0.2) is 62.2 Å². The minimum Gasteiger partial charge on any atom is -0.379 e. The lowest BCUT2D eigenvalue weighted by Gasteiger charge is -2.33. The molecule has 154 valence electrons. The number of nitrogens with zero attached hydrogens (tertiary/aromatic N) is 3. The van der Waals surface area contributed by atoms with Crippen LogP contribution in [0.5, 0.6) is 0 Å². The summed E-state index contributed by atoms with van der Waals surface area (Å²) < 4.78 is 5.54. The minimum absolute atomic E-state index is 0. The Morgan fingerprint density at radius 1 is 1.21 bits per heavy atom. The molecule has 1 unspecified atom stereocenters. The quantitative estimate of drug-likeness (QED) is 0.347. The first-order valence-corrected chi connectivity index (χ1v) is 10.5. The maximum atomic E-state index is 5.54. The number of rotatable bonds is 7. The second-order valence-corrected chi connectivity index (χ2v) is 7.70. The molecule has 0 saturated carbocycles. The van der Waals surface area contributed by atoms with E-state index in [4.69, 9.17) is 9.73 Å². The van der Waals surface area contributed by atoms with Crippen molar-refractivity contribution < 1.29 is 4.74 Å². The fourth-order valence-electron chi connectivity index (χ4n) is 3.33. The highest BCUT2D eigenvalue weighted by atomic mass is 127. The molecule has 0 spiro atoms. The fourth-order valence-corrected chi connectivity index (χ4v) is 4.18. The summed E-state index contributed by atoms with van der Waals surface area (Å²) in [5.74, 6) is 0.955. The molecule has 2 aromatic rings. The molecule has 1 atom stereocenters. The lowest BCUT2D eigenvalue weighted by molar-refractivity contribution is 0.0186. The fraction of sp³-hybridized carbons (Fsp3) is 0.476. The van der Waals surface area contributed by atoms with Crippen molar-refractivity contribution in [1.29, 1.82) is 0 Å². The topological polar surface area (TPSA) is 40.1 Å².